The van der Waals surface area contributed by atoms with Crippen molar-refractivity contribution in [2.45, 2.75) is 58.1 Å². The number of aliphatic hydroxyl groups excluding tert-OH is 1. The molecule has 3 rings (SSSR count). The van der Waals surface area contributed by atoms with Crippen LogP contribution in [0.15, 0.2) is 24.3 Å². The standard InChI is InChI=1S/C18H23ClN2O/c1-12(2)18-20-15-5-3-4-6-16(22)17(15)21(18)11-13-7-9-14(19)10-8-13/h7-10,12,16,22H,3-6,11H2,1-2H3. The molecule has 0 amide bonds. The number of rotatable bonds is 3. The first kappa shape index (κ1) is 15.6. The van der Waals surface area contributed by atoms with E-state index in [2.05, 4.69) is 18.4 Å². The second kappa shape index (κ2) is 6.43. The fourth-order valence-electron chi connectivity index (χ4n) is 3.24. The predicted octanol–water partition coefficient (Wildman–Crippen LogP) is 4.47. The van der Waals surface area contributed by atoms with Gasteiger partial charge >= 0.3 is 0 Å². The molecule has 3 nitrogen and oxygen atoms in total. The van der Waals surface area contributed by atoms with Crippen molar-refractivity contribution in [3.8, 4) is 0 Å². The van der Waals surface area contributed by atoms with Crippen molar-refractivity contribution in [1.82, 2.24) is 9.55 Å². The highest BCUT2D eigenvalue weighted by Crippen LogP contribution is 2.32. The Bertz CT molecular complexity index is 646. The number of nitrogens with zero attached hydrogens (tertiary/aromatic N) is 2. The van der Waals surface area contributed by atoms with Crippen LogP contribution in [-0.2, 0) is 13.0 Å². The van der Waals surface area contributed by atoms with Crippen molar-refractivity contribution in [2.75, 3.05) is 0 Å². The number of aryl methyl sites for hydroxylation is 1. The molecule has 1 unspecified atom stereocenters. The summed E-state index contributed by atoms with van der Waals surface area (Å²) < 4.78 is 2.22. The molecule has 4 heteroatoms. The molecule has 1 atom stereocenters. The van der Waals surface area contributed by atoms with E-state index in [-0.39, 0.29) is 0 Å². The zero-order valence-corrected chi connectivity index (χ0v) is 14.0. The summed E-state index contributed by atoms with van der Waals surface area (Å²) in [6, 6.07) is 7.92. The number of hydrogen-bond acceptors (Lipinski definition) is 2. The first-order valence-electron chi connectivity index (χ1n) is 8.08. The second-order valence-corrected chi connectivity index (χ2v) is 6.87. The van der Waals surface area contributed by atoms with Crippen LogP contribution in [0.5, 0.6) is 0 Å². The first-order chi connectivity index (χ1) is 10.6. The monoisotopic (exact) mass is 318 g/mol. The Morgan fingerprint density at radius 2 is 2.00 bits per heavy atom. The molecule has 1 aliphatic rings. The molecule has 0 aliphatic heterocycles. The maximum absolute atomic E-state index is 10.6. The maximum Gasteiger partial charge on any atom is 0.112 e. The Hall–Kier alpha value is -1.32. The summed E-state index contributed by atoms with van der Waals surface area (Å²) in [5.74, 6) is 1.41. The Balaban J connectivity index is 2.04. The number of fused-ring (bicyclic) bond motifs is 1. The Kier molecular flexibility index (Phi) is 4.55. The average molecular weight is 319 g/mol. The predicted molar refractivity (Wildman–Crippen MR) is 89.4 cm³/mol. The summed E-state index contributed by atoms with van der Waals surface area (Å²) >= 11 is 5.98. The normalized spacial score (nSPS) is 18.3. The van der Waals surface area contributed by atoms with Gasteiger partial charge in [-0.1, -0.05) is 44.0 Å². The highest BCUT2D eigenvalue weighted by atomic mass is 35.5. The molecule has 1 N–H and O–H groups in total. The number of aromatic nitrogens is 2. The number of benzene rings is 1. The molecule has 0 saturated carbocycles. The van der Waals surface area contributed by atoms with E-state index in [4.69, 9.17) is 16.6 Å². The fraction of sp³-hybridized carbons (Fsp3) is 0.500. The number of hydrogen-bond donors (Lipinski definition) is 1. The lowest BCUT2D eigenvalue weighted by molar-refractivity contribution is 0.157. The third-order valence-electron chi connectivity index (χ3n) is 4.34. The van der Waals surface area contributed by atoms with Crippen molar-refractivity contribution >= 4 is 11.6 Å². The van der Waals surface area contributed by atoms with Gasteiger partial charge in [0.05, 0.1) is 17.5 Å². The van der Waals surface area contributed by atoms with Crippen LogP contribution in [-0.4, -0.2) is 14.7 Å². The molecule has 0 fully saturated rings. The van der Waals surface area contributed by atoms with Crippen LogP contribution >= 0.6 is 11.6 Å². The third kappa shape index (κ3) is 3.06. The molecular formula is C18H23ClN2O. The molecule has 0 saturated heterocycles. The van der Waals surface area contributed by atoms with E-state index in [0.29, 0.717) is 5.92 Å². The van der Waals surface area contributed by atoms with Crippen molar-refractivity contribution in [1.29, 1.82) is 0 Å². The largest absolute Gasteiger partial charge is 0.387 e. The van der Waals surface area contributed by atoms with Crippen molar-refractivity contribution < 1.29 is 5.11 Å². The van der Waals surface area contributed by atoms with Gasteiger partial charge < -0.3 is 9.67 Å². The minimum absolute atomic E-state index is 0.339. The molecule has 1 heterocycles. The van der Waals surface area contributed by atoms with E-state index >= 15 is 0 Å². The molecule has 1 aromatic heterocycles. The lowest BCUT2D eigenvalue weighted by Gasteiger charge is -2.17. The lowest BCUT2D eigenvalue weighted by Crippen LogP contribution is -2.13. The van der Waals surface area contributed by atoms with Gasteiger partial charge in [0.25, 0.3) is 0 Å². The molecule has 22 heavy (non-hydrogen) atoms. The van der Waals surface area contributed by atoms with Gasteiger partial charge in [0.15, 0.2) is 0 Å². The third-order valence-corrected chi connectivity index (χ3v) is 4.59. The van der Waals surface area contributed by atoms with Gasteiger partial charge in [-0.3, -0.25) is 0 Å². The van der Waals surface area contributed by atoms with Gasteiger partial charge in [-0.2, -0.15) is 0 Å². The average Bonchev–Trinajstić information content (AvgIpc) is 2.74. The second-order valence-electron chi connectivity index (χ2n) is 6.43. The van der Waals surface area contributed by atoms with E-state index in [1.54, 1.807) is 0 Å². The summed E-state index contributed by atoms with van der Waals surface area (Å²) in [7, 11) is 0. The Morgan fingerprint density at radius 1 is 1.27 bits per heavy atom. The van der Waals surface area contributed by atoms with Crippen molar-refractivity contribution in [3.05, 3.63) is 52.1 Å². The minimum Gasteiger partial charge on any atom is -0.387 e. The van der Waals surface area contributed by atoms with Crippen LogP contribution in [0.25, 0.3) is 0 Å². The van der Waals surface area contributed by atoms with Gasteiger partial charge in [-0.15, -0.1) is 0 Å². The molecule has 1 aromatic carbocycles. The van der Waals surface area contributed by atoms with Crippen LogP contribution in [0.4, 0.5) is 0 Å². The molecule has 0 radical (unpaired) electrons. The van der Waals surface area contributed by atoms with E-state index in [9.17, 15) is 5.11 Å². The fourth-order valence-corrected chi connectivity index (χ4v) is 3.36. The van der Waals surface area contributed by atoms with Gasteiger partial charge in [-0.05, 0) is 37.0 Å². The number of aliphatic hydroxyl groups is 1. The Morgan fingerprint density at radius 3 is 2.68 bits per heavy atom. The zero-order valence-electron chi connectivity index (χ0n) is 13.2. The SMILES string of the molecule is CC(C)c1nc2c(n1Cc1ccc(Cl)cc1)C(O)CCCC2. The summed E-state index contributed by atoms with van der Waals surface area (Å²) in [5, 5.41) is 11.3. The minimum atomic E-state index is -0.398. The first-order valence-corrected chi connectivity index (χ1v) is 8.45. The van der Waals surface area contributed by atoms with E-state index in [0.717, 1.165) is 54.5 Å². The summed E-state index contributed by atoms with van der Waals surface area (Å²) in [4.78, 5) is 4.85. The molecule has 118 valence electrons. The number of imidazole rings is 1. The highest BCUT2D eigenvalue weighted by Gasteiger charge is 2.26. The highest BCUT2D eigenvalue weighted by molar-refractivity contribution is 6.30. The summed E-state index contributed by atoms with van der Waals surface area (Å²) in [5.41, 5.74) is 3.29. The van der Waals surface area contributed by atoms with E-state index in [1.165, 1.54) is 5.56 Å². The summed E-state index contributed by atoms with van der Waals surface area (Å²) in [6.45, 7) is 5.06. The zero-order chi connectivity index (χ0) is 15.7. The quantitative estimate of drug-likeness (QED) is 0.848. The van der Waals surface area contributed by atoms with Gasteiger partial charge in [0.1, 0.15) is 5.82 Å². The molecular weight excluding hydrogens is 296 g/mol. The van der Waals surface area contributed by atoms with Crippen LogP contribution < -0.4 is 0 Å². The van der Waals surface area contributed by atoms with Crippen LogP contribution in [0.2, 0.25) is 5.02 Å². The smallest absolute Gasteiger partial charge is 0.112 e. The Labute approximate surface area is 137 Å². The van der Waals surface area contributed by atoms with Crippen LogP contribution in [0, 0.1) is 0 Å². The topological polar surface area (TPSA) is 38.0 Å². The maximum atomic E-state index is 10.6. The van der Waals surface area contributed by atoms with E-state index in [1.807, 2.05) is 24.3 Å². The number of halogens is 1. The summed E-state index contributed by atoms with van der Waals surface area (Å²) in [6.07, 6.45) is 3.58. The van der Waals surface area contributed by atoms with Crippen molar-refractivity contribution in [2.24, 2.45) is 0 Å². The van der Waals surface area contributed by atoms with Crippen LogP contribution in [0.1, 0.15) is 67.9 Å². The van der Waals surface area contributed by atoms with Gasteiger partial charge in [0.2, 0.25) is 0 Å². The van der Waals surface area contributed by atoms with E-state index < -0.39 is 6.10 Å². The molecule has 0 bridgehead atoms. The van der Waals surface area contributed by atoms with Gasteiger partial charge in [0, 0.05) is 17.5 Å². The van der Waals surface area contributed by atoms with Gasteiger partial charge in [-0.25, -0.2) is 4.98 Å². The molecule has 1 aliphatic carbocycles. The van der Waals surface area contributed by atoms with Crippen molar-refractivity contribution in [3.63, 3.8) is 0 Å². The molecule has 2 aromatic rings. The lowest BCUT2D eigenvalue weighted by atomic mass is 10.1. The van der Waals surface area contributed by atoms with Crippen LogP contribution in [0.3, 0.4) is 0 Å². The molecule has 0 spiro atoms.